The number of nitrogens with zero attached hydrogens (tertiary/aromatic N) is 3. The summed E-state index contributed by atoms with van der Waals surface area (Å²) in [6.45, 7) is 1.78. The van der Waals surface area contributed by atoms with Crippen molar-refractivity contribution in [3.63, 3.8) is 0 Å². The highest BCUT2D eigenvalue weighted by Gasteiger charge is 2.12. The Labute approximate surface area is 122 Å². The molecule has 0 aliphatic heterocycles. The molecule has 7 nitrogen and oxygen atoms in total. The van der Waals surface area contributed by atoms with Crippen LogP contribution in [0.3, 0.4) is 0 Å². The van der Waals surface area contributed by atoms with Gasteiger partial charge in [-0.2, -0.15) is 0 Å². The summed E-state index contributed by atoms with van der Waals surface area (Å²) < 4.78 is 15.1. The topological polar surface area (TPSA) is 112 Å². The predicted molar refractivity (Wildman–Crippen MR) is 77.8 cm³/mol. The minimum Gasteiger partial charge on any atom is -0.402 e. The molecule has 0 saturated heterocycles. The van der Waals surface area contributed by atoms with Crippen molar-refractivity contribution in [2.45, 2.75) is 32.5 Å². The Hall–Kier alpha value is -2.38. The number of aromatic nitrogens is 3. The fraction of sp³-hybridized carbons (Fsp3) is 0.462. The number of hydrogen-bond acceptors (Lipinski definition) is 5. The number of nitrogens with two attached hydrogens (primary N) is 2. The molecule has 0 saturated carbocycles. The second-order valence-corrected chi connectivity index (χ2v) is 4.69. The van der Waals surface area contributed by atoms with Gasteiger partial charge >= 0.3 is 0 Å². The standard InChI is InChI=1S/C13H21FN6O/c1-9(15)3-5-11(16)6-4-10(14)7-20-8-12(18-19-20)13(21)17-2/h3,5,8,10H,4,6-7,15-16H2,1-2H3,(H,17,21)/b9-3-,11-5-. The minimum atomic E-state index is -1.13. The summed E-state index contributed by atoms with van der Waals surface area (Å²) >= 11 is 0. The van der Waals surface area contributed by atoms with Crippen LogP contribution in [0.2, 0.25) is 0 Å². The van der Waals surface area contributed by atoms with Crippen LogP contribution in [0.1, 0.15) is 30.3 Å². The number of allylic oxidation sites excluding steroid dienone is 4. The van der Waals surface area contributed by atoms with Crippen LogP contribution in [0.25, 0.3) is 0 Å². The van der Waals surface area contributed by atoms with E-state index in [2.05, 4.69) is 15.6 Å². The largest absolute Gasteiger partial charge is 0.402 e. The van der Waals surface area contributed by atoms with Crippen LogP contribution in [0.15, 0.2) is 29.7 Å². The van der Waals surface area contributed by atoms with E-state index in [1.54, 1.807) is 19.1 Å². The molecule has 1 rings (SSSR count). The van der Waals surface area contributed by atoms with Gasteiger partial charge in [-0.15, -0.1) is 5.10 Å². The van der Waals surface area contributed by atoms with Gasteiger partial charge in [0.1, 0.15) is 6.17 Å². The van der Waals surface area contributed by atoms with Gasteiger partial charge in [-0.25, -0.2) is 9.07 Å². The predicted octanol–water partition coefficient (Wildman–Crippen LogP) is 0.461. The van der Waals surface area contributed by atoms with E-state index in [0.717, 1.165) is 0 Å². The SMILES string of the molecule is CNC(=O)c1cn(CC(F)CC/C(N)=C/C=C(/C)N)nn1. The fourth-order valence-electron chi connectivity index (χ4n) is 1.56. The number of nitrogens with one attached hydrogen (secondary N) is 1. The summed E-state index contributed by atoms with van der Waals surface area (Å²) in [6.07, 6.45) is 4.30. The maximum absolute atomic E-state index is 13.8. The number of carbonyl (C=O) groups is 1. The molecule has 1 aromatic heterocycles. The van der Waals surface area contributed by atoms with E-state index in [9.17, 15) is 9.18 Å². The Morgan fingerprint density at radius 2 is 2.24 bits per heavy atom. The Balaban J connectivity index is 2.45. The lowest BCUT2D eigenvalue weighted by molar-refractivity contribution is 0.0958. The molecular formula is C13H21FN6O. The quantitative estimate of drug-likeness (QED) is 0.633. The summed E-state index contributed by atoms with van der Waals surface area (Å²) in [4.78, 5) is 11.3. The van der Waals surface area contributed by atoms with Crippen molar-refractivity contribution in [2.24, 2.45) is 11.5 Å². The number of hydrogen-bond donors (Lipinski definition) is 3. The summed E-state index contributed by atoms with van der Waals surface area (Å²) in [5.41, 5.74) is 12.6. The molecule has 0 aliphatic carbocycles. The molecule has 116 valence electrons. The van der Waals surface area contributed by atoms with Crippen molar-refractivity contribution < 1.29 is 9.18 Å². The molecular weight excluding hydrogens is 275 g/mol. The third kappa shape index (κ3) is 6.07. The number of halogens is 1. The third-order valence-electron chi connectivity index (χ3n) is 2.69. The number of carbonyl (C=O) groups excluding carboxylic acids is 1. The van der Waals surface area contributed by atoms with Gasteiger partial charge in [0.15, 0.2) is 5.69 Å². The second kappa shape index (κ2) is 8.03. The molecule has 0 fully saturated rings. The number of amides is 1. The normalized spacial score (nSPS) is 14.0. The monoisotopic (exact) mass is 296 g/mol. The molecule has 5 N–H and O–H groups in total. The van der Waals surface area contributed by atoms with E-state index in [4.69, 9.17) is 11.5 Å². The summed E-state index contributed by atoms with van der Waals surface area (Å²) in [5, 5.41) is 9.79. The van der Waals surface area contributed by atoms with Crippen LogP contribution < -0.4 is 16.8 Å². The summed E-state index contributed by atoms with van der Waals surface area (Å²) in [6, 6.07) is 0. The average Bonchev–Trinajstić information content (AvgIpc) is 2.90. The number of rotatable bonds is 7. The van der Waals surface area contributed by atoms with Gasteiger partial charge in [0.05, 0.1) is 12.7 Å². The van der Waals surface area contributed by atoms with Crippen molar-refractivity contribution in [3.05, 3.63) is 35.4 Å². The molecule has 1 atom stereocenters. The third-order valence-corrected chi connectivity index (χ3v) is 2.69. The molecule has 21 heavy (non-hydrogen) atoms. The summed E-state index contributed by atoms with van der Waals surface area (Å²) in [7, 11) is 1.49. The van der Waals surface area contributed by atoms with Gasteiger partial charge in [-0.3, -0.25) is 4.79 Å². The van der Waals surface area contributed by atoms with Crippen molar-refractivity contribution in [1.82, 2.24) is 20.3 Å². The fourth-order valence-corrected chi connectivity index (χ4v) is 1.56. The molecule has 0 radical (unpaired) electrons. The first-order chi connectivity index (χ1) is 9.92. The highest BCUT2D eigenvalue weighted by molar-refractivity contribution is 5.91. The Morgan fingerprint density at radius 1 is 1.52 bits per heavy atom. The van der Waals surface area contributed by atoms with E-state index in [1.807, 2.05) is 0 Å². The van der Waals surface area contributed by atoms with E-state index in [0.29, 0.717) is 17.8 Å². The lowest BCUT2D eigenvalue weighted by Gasteiger charge is -2.07. The van der Waals surface area contributed by atoms with Crippen LogP contribution in [-0.4, -0.2) is 34.1 Å². The molecule has 1 aromatic rings. The van der Waals surface area contributed by atoms with Crippen molar-refractivity contribution >= 4 is 5.91 Å². The minimum absolute atomic E-state index is 0.0308. The molecule has 8 heteroatoms. The van der Waals surface area contributed by atoms with Crippen LogP contribution in [0, 0.1) is 0 Å². The average molecular weight is 296 g/mol. The maximum atomic E-state index is 13.8. The summed E-state index contributed by atoms with van der Waals surface area (Å²) in [5.74, 6) is -0.354. The zero-order valence-corrected chi connectivity index (χ0v) is 12.2. The molecule has 1 amide bonds. The lowest BCUT2D eigenvalue weighted by Crippen LogP contribution is -2.18. The molecule has 0 bridgehead atoms. The van der Waals surface area contributed by atoms with Crippen molar-refractivity contribution in [1.29, 1.82) is 0 Å². The van der Waals surface area contributed by atoms with E-state index >= 15 is 0 Å². The number of alkyl halides is 1. The molecule has 0 spiro atoms. The first-order valence-electron chi connectivity index (χ1n) is 6.57. The Bertz CT molecular complexity index is 533. The highest BCUT2D eigenvalue weighted by Crippen LogP contribution is 2.09. The van der Waals surface area contributed by atoms with Gasteiger partial charge < -0.3 is 16.8 Å². The Morgan fingerprint density at radius 3 is 2.86 bits per heavy atom. The van der Waals surface area contributed by atoms with E-state index in [-0.39, 0.29) is 24.6 Å². The second-order valence-electron chi connectivity index (χ2n) is 4.69. The van der Waals surface area contributed by atoms with Crippen LogP contribution in [-0.2, 0) is 6.54 Å². The van der Waals surface area contributed by atoms with Crippen molar-refractivity contribution in [3.8, 4) is 0 Å². The Kier molecular flexibility index (Phi) is 6.38. The molecule has 1 unspecified atom stereocenters. The van der Waals surface area contributed by atoms with Crippen molar-refractivity contribution in [2.75, 3.05) is 7.05 Å². The van der Waals surface area contributed by atoms with Gasteiger partial charge in [-0.05, 0) is 31.9 Å². The van der Waals surface area contributed by atoms with Crippen LogP contribution in [0.4, 0.5) is 4.39 Å². The van der Waals surface area contributed by atoms with Gasteiger partial charge in [0, 0.05) is 18.4 Å². The van der Waals surface area contributed by atoms with E-state index in [1.165, 1.54) is 17.9 Å². The molecule has 1 heterocycles. The maximum Gasteiger partial charge on any atom is 0.273 e. The first-order valence-corrected chi connectivity index (χ1v) is 6.57. The first kappa shape index (κ1) is 16.7. The van der Waals surface area contributed by atoms with Crippen LogP contribution in [0.5, 0.6) is 0 Å². The lowest BCUT2D eigenvalue weighted by atomic mass is 10.1. The van der Waals surface area contributed by atoms with Gasteiger partial charge in [0.25, 0.3) is 5.91 Å². The van der Waals surface area contributed by atoms with Crippen LogP contribution >= 0.6 is 0 Å². The zero-order chi connectivity index (χ0) is 15.8. The zero-order valence-electron chi connectivity index (χ0n) is 12.2. The van der Waals surface area contributed by atoms with Gasteiger partial charge in [0.2, 0.25) is 0 Å². The molecule has 0 aromatic carbocycles. The highest BCUT2D eigenvalue weighted by atomic mass is 19.1. The molecule has 0 aliphatic rings. The van der Waals surface area contributed by atoms with E-state index < -0.39 is 6.17 Å². The van der Waals surface area contributed by atoms with Gasteiger partial charge in [-0.1, -0.05) is 5.21 Å². The smallest absolute Gasteiger partial charge is 0.273 e.